The molecule has 214 valence electrons. The Morgan fingerprint density at radius 3 is 2.58 bits per heavy atom. The molecule has 2 aromatic heterocycles. The summed E-state index contributed by atoms with van der Waals surface area (Å²) in [4.78, 5) is 28.9. The molecule has 0 radical (unpaired) electrons. The van der Waals surface area contributed by atoms with Crippen molar-refractivity contribution in [3.05, 3.63) is 47.3 Å². The van der Waals surface area contributed by atoms with Gasteiger partial charge in [0.1, 0.15) is 11.5 Å². The van der Waals surface area contributed by atoms with Crippen molar-refractivity contribution >= 4 is 17.7 Å². The lowest BCUT2D eigenvalue weighted by atomic mass is 9.97. The highest BCUT2D eigenvalue weighted by atomic mass is 19.2. The van der Waals surface area contributed by atoms with Crippen LogP contribution in [0.3, 0.4) is 0 Å². The molecular formula is C28H36F2N8O2. The normalized spacial score (nSPS) is 18.9. The number of piperazine rings is 1. The maximum Gasteiger partial charge on any atom is 0.316 e. The molecule has 2 aliphatic heterocycles. The van der Waals surface area contributed by atoms with Gasteiger partial charge >= 0.3 is 6.01 Å². The number of nitrogens with zero attached hydrogens (tertiary/aromatic N) is 7. The Balaban J connectivity index is 1.19. The van der Waals surface area contributed by atoms with E-state index in [-0.39, 0.29) is 17.5 Å². The Morgan fingerprint density at radius 2 is 1.90 bits per heavy atom. The number of nitrogens with one attached hydrogen (secondary N) is 1. The number of carbonyl (C=O) groups is 1. The number of aromatic nitrogens is 4. The van der Waals surface area contributed by atoms with Crippen LogP contribution in [-0.4, -0.2) is 86.7 Å². The SMILES string of the molecule is CC[C@H]1CN(c2ncc(-c3nnc(NC(C)C)o3)nc2C)CCN1C1CCN(C(=O)c2ccc(F)c(F)c2)CC1. The Hall–Kier alpha value is -3.67. The fourth-order valence-corrected chi connectivity index (χ4v) is 5.64. The molecule has 40 heavy (non-hydrogen) atoms. The van der Waals surface area contributed by atoms with Gasteiger partial charge in [0, 0.05) is 56.4 Å². The third-order valence-corrected chi connectivity index (χ3v) is 7.66. The molecule has 4 heterocycles. The lowest BCUT2D eigenvalue weighted by Crippen LogP contribution is -2.58. The third-order valence-electron chi connectivity index (χ3n) is 7.66. The molecular weight excluding hydrogens is 518 g/mol. The first kappa shape index (κ1) is 27.9. The molecule has 0 spiro atoms. The Morgan fingerprint density at radius 1 is 1.12 bits per heavy atom. The van der Waals surface area contributed by atoms with E-state index in [0.717, 1.165) is 62.5 Å². The molecule has 0 unspecified atom stereocenters. The zero-order valence-electron chi connectivity index (χ0n) is 23.4. The van der Waals surface area contributed by atoms with Crippen molar-refractivity contribution < 1.29 is 18.0 Å². The first-order valence-electron chi connectivity index (χ1n) is 13.9. The number of amides is 1. The third kappa shape index (κ3) is 5.91. The minimum atomic E-state index is -0.998. The van der Waals surface area contributed by atoms with Crippen LogP contribution in [0.15, 0.2) is 28.8 Å². The first-order chi connectivity index (χ1) is 19.2. The van der Waals surface area contributed by atoms with Crippen LogP contribution in [0.25, 0.3) is 11.6 Å². The highest BCUT2D eigenvalue weighted by Crippen LogP contribution is 2.28. The number of benzene rings is 1. The van der Waals surface area contributed by atoms with Crippen molar-refractivity contribution in [3.63, 3.8) is 0 Å². The number of carbonyl (C=O) groups excluding carboxylic acids is 1. The van der Waals surface area contributed by atoms with E-state index in [0.29, 0.717) is 42.8 Å². The molecule has 10 nitrogen and oxygen atoms in total. The fourth-order valence-electron chi connectivity index (χ4n) is 5.64. The van der Waals surface area contributed by atoms with Crippen molar-refractivity contribution in [1.29, 1.82) is 0 Å². The molecule has 0 saturated carbocycles. The summed E-state index contributed by atoms with van der Waals surface area (Å²) in [5.41, 5.74) is 1.54. The molecule has 0 bridgehead atoms. The van der Waals surface area contributed by atoms with E-state index in [9.17, 15) is 13.6 Å². The zero-order chi connectivity index (χ0) is 28.4. The predicted molar refractivity (Wildman–Crippen MR) is 147 cm³/mol. The minimum Gasteiger partial charge on any atom is -0.402 e. The van der Waals surface area contributed by atoms with E-state index in [1.807, 2.05) is 20.8 Å². The van der Waals surface area contributed by atoms with E-state index in [2.05, 4.69) is 32.2 Å². The summed E-state index contributed by atoms with van der Waals surface area (Å²) < 4.78 is 32.6. The van der Waals surface area contributed by atoms with Gasteiger partial charge in [-0.25, -0.2) is 18.7 Å². The van der Waals surface area contributed by atoms with Crippen molar-refractivity contribution in [2.45, 2.75) is 65.1 Å². The fraction of sp³-hybridized carbons (Fsp3) is 0.536. The van der Waals surface area contributed by atoms with Gasteiger partial charge in [0.15, 0.2) is 11.6 Å². The number of anilines is 2. The van der Waals surface area contributed by atoms with Crippen LogP contribution in [0.4, 0.5) is 20.6 Å². The van der Waals surface area contributed by atoms with E-state index >= 15 is 0 Å². The maximum absolute atomic E-state index is 13.6. The molecule has 1 atom stereocenters. The number of rotatable bonds is 7. The van der Waals surface area contributed by atoms with Crippen LogP contribution in [0.2, 0.25) is 0 Å². The second-order valence-corrected chi connectivity index (χ2v) is 10.8. The largest absolute Gasteiger partial charge is 0.402 e. The van der Waals surface area contributed by atoms with Gasteiger partial charge in [-0.3, -0.25) is 9.69 Å². The lowest BCUT2D eigenvalue weighted by molar-refractivity contribution is 0.0490. The summed E-state index contributed by atoms with van der Waals surface area (Å²) in [5, 5.41) is 11.2. The Bertz CT molecular complexity index is 1340. The number of hydrogen-bond donors (Lipinski definition) is 1. The Kier molecular flexibility index (Phi) is 8.24. The summed E-state index contributed by atoms with van der Waals surface area (Å²) in [6.07, 6.45) is 4.36. The van der Waals surface area contributed by atoms with Gasteiger partial charge in [0.25, 0.3) is 11.8 Å². The van der Waals surface area contributed by atoms with E-state index in [1.54, 1.807) is 11.1 Å². The van der Waals surface area contributed by atoms with Crippen molar-refractivity contribution in [2.24, 2.45) is 0 Å². The topological polar surface area (TPSA) is 104 Å². The highest BCUT2D eigenvalue weighted by Gasteiger charge is 2.35. The average molecular weight is 555 g/mol. The van der Waals surface area contributed by atoms with Crippen molar-refractivity contribution in [2.75, 3.05) is 42.9 Å². The van der Waals surface area contributed by atoms with Crippen LogP contribution in [0, 0.1) is 18.6 Å². The summed E-state index contributed by atoms with van der Waals surface area (Å²) in [5.74, 6) is -1.01. The second-order valence-electron chi connectivity index (χ2n) is 10.8. The standard InChI is InChI=1S/C28H36F2N8O2/c1-5-20-16-37(25-18(4)33-24(15-31-25)26-34-35-28(40-26)32-17(2)3)12-13-38(20)21-8-10-36(11-9-21)27(39)19-6-7-22(29)23(30)14-19/h6-7,14-15,17,20-21H,5,8-13,16H2,1-4H3,(H,32,35)/t20-/m0/s1. The molecule has 1 N–H and O–H groups in total. The molecule has 2 saturated heterocycles. The second kappa shape index (κ2) is 11.8. The van der Waals surface area contributed by atoms with Crippen LogP contribution in [0.5, 0.6) is 0 Å². The van der Waals surface area contributed by atoms with Gasteiger partial charge in [-0.2, -0.15) is 0 Å². The smallest absolute Gasteiger partial charge is 0.316 e. The summed E-state index contributed by atoms with van der Waals surface area (Å²) >= 11 is 0. The molecule has 1 aromatic carbocycles. The first-order valence-corrected chi connectivity index (χ1v) is 13.9. The predicted octanol–water partition coefficient (Wildman–Crippen LogP) is 4.14. The van der Waals surface area contributed by atoms with Crippen LogP contribution < -0.4 is 10.2 Å². The number of hydrogen-bond acceptors (Lipinski definition) is 9. The van der Waals surface area contributed by atoms with E-state index < -0.39 is 11.6 Å². The lowest BCUT2D eigenvalue weighted by Gasteiger charge is -2.47. The van der Waals surface area contributed by atoms with Gasteiger partial charge in [0.2, 0.25) is 0 Å². The Labute approximate surface area is 232 Å². The molecule has 5 rings (SSSR count). The average Bonchev–Trinajstić information content (AvgIpc) is 3.41. The monoisotopic (exact) mass is 554 g/mol. The molecule has 2 fully saturated rings. The highest BCUT2D eigenvalue weighted by molar-refractivity contribution is 5.94. The van der Waals surface area contributed by atoms with E-state index in [1.165, 1.54) is 6.07 Å². The number of piperidine rings is 1. The van der Waals surface area contributed by atoms with Gasteiger partial charge in [0.05, 0.1) is 11.9 Å². The van der Waals surface area contributed by atoms with Crippen LogP contribution in [-0.2, 0) is 0 Å². The number of halogens is 2. The van der Waals surface area contributed by atoms with Gasteiger partial charge in [-0.1, -0.05) is 12.0 Å². The van der Waals surface area contributed by atoms with Gasteiger partial charge < -0.3 is 19.5 Å². The molecule has 12 heteroatoms. The molecule has 2 aliphatic rings. The molecule has 0 aliphatic carbocycles. The quantitative estimate of drug-likeness (QED) is 0.462. The molecule has 1 amide bonds. The summed E-state index contributed by atoms with van der Waals surface area (Å²) in [7, 11) is 0. The molecule has 3 aromatic rings. The van der Waals surface area contributed by atoms with Crippen molar-refractivity contribution in [3.8, 4) is 11.6 Å². The number of aryl methyl sites for hydroxylation is 1. The zero-order valence-corrected chi connectivity index (χ0v) is 23.4. The maximum atomic E-state index is 13.6. The van der Waals surface area contributed by atoms with E-state index in [4.69, 9.17) is 14.4 Å². The van der Waals surface area contributed by atoms with Gasteiger partial charge in [-0.05, 0) is 58.2 Å². The summed E-state index contributed by atoms with van der Waals surface area (Å²) in [6.45, 7) is 11.9. The van der Waals surface area contributed by atoms with Crippen molar-refractivity contribution in [1.82, 2.24) is 30.0 Å². The minimum absolute atomic E-state index is 0.177. The summed E-state index contributed by atoms with van der Waals surface area (Å²) in [6, 6.07) is 4.57. The number of likely N-dealkylation sites (tertiary alicyclic amines) is 1. The van der Waals surface area contributed by atoms with Crippen LogP contribution >= 0.6 is 0 Å². The van der Waals surface area contributed by atoms with Crippen LogP contribution in [0.1, 0.15) is 56.1 Å². The van der Waals surface area contributed by atoms with Gasteiger partial charge in [-0.15, -0.1) is 5.10 Å².